The molecule has 2 aromatic rings. The Balaban J connectivity index is 2.08. The van der Waals surface area contributed by atoms with E-state index in [9.17, 15) is 9.59 Å². The third-order valence-electron chi connectivity index (χ3n) is 2.93. The highest BCUT2D eigenvalue weighted by Crippen LogP contribution is 2.16. The molecule has 0 unspecified atom stereocenters. The van der Waals surface area contributed by atoms with E-state index in [4.69, 9.17) is 5.11 Å². The van der Waals surface area contributed by atoms with Crippen LogP contribution in [0.3, 0.4) is 0 Å². The first-order chi connectivity index (χ1) is 9.97. The largest absolute Gasteiger partial charge is 0.477 e. The van der Waals surface area contributed by atoms with Gasteiger partial charge in [-0.3, -0.25) is 4.90 Å². The molecule has 0 aliphatic heterocycles. The number of nitrogens with zero attached hydrogens (tertiary/aromatic N) is 2. The summed E-state index contributed by atoms with van der Waals surface area (Å²) in [6.45, 7) is 1.95. The van der Waals surface area contributed by atoms with Gasteiger partial charge in [-0.15, -0.1) is 0 Å². The van der Waals surface area contributed by atoms with Crippen LogP contribution >= 0.6 is 0 Å². The summed E-state index contributed by atoms with van der Waals surface area (Å²) in [6.07, 6.45) is 1.31. The number of nitrogens with one attached hydrogen (secondary N) is 1. The van der Waals surface area contributed by atoms with E-state index < -0.39 is 5.97 Å². The summed E-state index contributed by atoms with van der Waals surface area (Å²) >= 11 is 0. The lowest BCUT2D eigenvalue weighted by atomic mass is 10.2. The summed E-state index contributed by atoms with van der Waals surface area (Å²) < 4.78 is 0. The van der Waals surface area contributed by atoms with Gasteiger partial charge >= 0.3 is 12.0 Å². The minimum absolute atomic E-state index is 0.0694. The molecule has 2 amide bonds. The molecule has 0 atom stereocenters. The topological polar surface area (TPSA) is 82.5 Å². The van der Waals surface area contributed by atoms with Crippen molar-refractivity contribution < 1.29 is 14.7 Å². The number of anilines is 2. The molecule has 6 nitrogen and oxygen atoms in total. The van der Waals surface area contributed by atoms with Crippen molar-refractivity contribution in [3.63, 3.8) is 0 Å². The van der Waals surface area contributed by atoms with Gasteiger partial charge in [0.15, 0.2) is 0 Å². The van der Waals surface area contributed by atoms with Gasteiger partial charge in [0.25, 0.3) is 0 Å². The van der Waals surface area contributed by atoms with Crippen LogP contribution in [0.1, 0.15) is 16.1 Å². The summed E-state index contributed by atoms with van der Waals surface area (Å²) in [7, 11) is 1.66. The number of carbonyl (C=O) groups is 2. The number of carboxylic acids is 1. The minimum atomic E-state index is -1.11. The second-order valence-electron chi connectivity index (χ2n) is 4.57. The lowest BCUT2D eigenvalue weighted by Gasteiger charge is -2.18. The van der Waals surface area contributed by atoms with E-state index in [-0.39, 0.29) is 11.7 Å². The number of carbonyl (C=O) groups excluding carboxylic acids is 1. The molecule has 6 heteroatoms. The number of hydrogen-bond acceptors (Lipinski definition) is 3. The number of aromatic nitrogens is 1. The summed E-state index contributed by atoms with van der Waals surface area (Å²) in [4.78, 5) is 28.0. The van der Waals surface area contributed by atoms with Crippen molar-refractivity contribution in [3.8, 4) is 0 Å². The molecule has 0 bridgehead atoms. The minimum Gasteiger partial charge on any atom is -0.477 e. The normalized spacial score (nSPS) is 10.0. The number of pyridine rings is 1. The third-order valence-corrected chi connectivity index (χ3v) is 2.93. The molecule has 0 saturated heterocycles. The van der Waals surface area contributed by atoms with Gasteiger partial charge in [0.1, 0.15) is 5.69 Å². The first kappa shape index (κ1) is 14.5. The SMILES string of the molecule is Cc1cccc(N(C)C(=O)Nc2ccc(C(=O)O)nc2)c1. The van der Waals surface area contributed by atoms with Crippen molar-refractivity contribution in [2.45, 2.75) is 6.92 Å². The number of amides is 2. The Morgan fingerprint density at radius 1 is 1.24 bits per heavy atom. The highest BCUT2D eigenvalue weighted by molar-refractivity contribution is 6.01. The van der Waals surface area contributed by atoms with Crippen LogP contribution in [0.2, 0.25) is 0 Å². The molecule has 1 aromatic heterocycles. The zero-order chi connectivity index (χ0) is 15.4. The number of rotatable bonds is 3. The van der Waals surface area contributed by atoms with Crippen LogP contribution in [0.25, 0.3) is 0 Å². The van der Waals surface area contributed by atoms with Crippen LogP contribution in [0.15, 0.2) is 42.6 Å². The number of aryl methyl sites for hydroxylation is 1. The van der Waals surface area contributed by atoms with Crippen molar-refractivity contribution in [3.05, 3.63) is 53.9 Å². The van der Waals surface area contributed by atoms with Gasteiger partial charge in [-0.25, -0.2) is 14.6 Å². The molecule has 2 N–H and O–H groups in total. The van der Waals surface area contributed by atoms with Crippen LogP contribution in [0, 0.1) is 6.92 Å². The smallest absolute Gasteiger partial charge is 0.354 e. The molecule has 108 valence electrons. The summed E-state index contributed by atoms with van der Waals surface area (Å²) in [5, 5.41) is 11.4. The molecule has 0 aliphatic rings. The zero-order valence-electron chi connectivity index (χ0n) is 11.7. The van der Waals surface area contributed by atoms with Gasteiger partial charge < -0.3 is 10.4 Å². The second-order valence-corrected chi connectivity index (χ2v) is 4.57. The van der Waals surface area contributed by atoms with E-state index in [1.54, 1.807) is 7.05 Å². The van der Waals surface area contributed by atoms with Gasteiger partial charge in [0, 0.05) is 12.7 Å². The van der Waals surface area contributed by atoms with E-state index >= 15 is 0 Å². The molecule has 1 aromatic carbocycles. The van der Waals surface area contributed by atoms with E-state index in [0.29, 0.717) is 5.69 Å². The van der Waals surface area contributed by atoms with E-state index in [1.165, 1.54) is 23.2 Å². The average molecular weight is 285 g/mol. The quantitative estimate of drug-likeness (QED) is 0.908. The van der Waals surface area contributed by atoms with Gasteiger partial charge in [-0.05, 0) is 36.8 Å². The fourth-order valence-electron chi connectivity index (χ4n) is 1.76. The Bertz CT molecular complexity index is 668. The molecular weight excluding hydrogens is 270 g/mol. The molecule has 0 fully saturated rings. The van der Waals surface area contributed by atoms with Crippen LogP contribution < -0.4 is 10.2 Å². The first-order valence-electron chi connectivity index (χ1n) is 6.28. The Kier molecular flexibility index (Phi) is 4.18. The molecule has 0 saturated carbocycles. The molecule has 0 aliphatic carbocycles. The Morgan fingerprint density at radius 2 is 2.00 bits per heavy atom. The Morgan fingerprint density at radius 3 is 2.57 bits per heavy atom. The maximum absolute atomic E-state index is 12.1. The standard InChI is InChI=1S/C15H15N3O3/c1-10-4-3-5-12(8-10)18(2)15(21)17-11-6-7-13(14(19)20)16-9-11/h3-9H,1-2H3,(H,17,21)(H,19,20). The summed E-state index contributed by atoms with van der Waals surface area (Å²) in [5.41, 5.74) is 2.19. The van der Waals surface area contributed by atoms with Crippen molar-refractivity contribution >= 4 is 23.4 Å². The van der Waals surface area contributed by atoms with Gasteiger partial charge in [-0.2, -0.15) is 0 Å². The zero-order valence-corrected chi connectivity index (χ0v) is 11.7. The van der Waals surface area contributed by atoms with Crippen LogP contribution in [-0.4, -0.2) is 29.1 Å². The fraction of sp³-hybridized carbons (Fsp3) is 0.133. The summed E-state index contributed by atoms with van der Waals surface area (Å²) in [6, 6.07) is 10.1. The predicted molar refractivity (Wildman–Crippen MR) is 79.8 cm³/mol. The molecule has 2 rings (SSSR count). The van der Waals surface area contributed by atoms with Crippen molar-refractivity contribution in [1.82, 2.24) is 4.98 Å². The Hall–Kier alpha value is -2.89. The molecule has 0 spiro atoms. The number of carboxylic acid groups (broad SMARTS) is 1. The van der Waals surface area contributed by atoms with Gasteiger partial charge in [-0.1, -0.05) is 12.1 Å². The maximum Gasteiger partial charge on any atom is 0.354 e. The summed E-state index contributed by atoms with van der Waals surface area (Å²) in [5.74, 6) is -1.11. The number of benzene rings is 1. The second kappa shape index (κ2) is 6.04. The first-order valence-corrected chi connectivity index (χ1v) is 6.28. The van der Waals surface area contributed by atoms with Crippen LogP contribution in [-0.2, 0) is 0 Å². The molecular formula is C15H15N3O3. The number of urea groups is 1. The highest BCUT2D eigenvalue weighted by Gasteiger charge is 2.12. The van der Waals surface area contributed by atoms with Crippen LogP contribution in [0.5, 0.6) is 0 Å². The van der Waals surface area contributed by atoms with Crippen molar-refractivity contribution in [1.29, 1.82) is 0 Å². The third kappa shape index (κ3) is 3.56. The van der Waals surface area contributed by atoms with Crippen molar-refractivity contribution in [2.75, 3.05) is 17.3 Å². The van der Waals surface area contributed by atoms with Gasteiger partial charge in [0.05, 0.1) is 11.9 Å². The molecule has 21 heavy (non-hydrogen) atoms. The van der Waals surface area contributed by atoms with Gasteiger partial charge in [0.2, 0.25) is 0 Å². The highest BCUT2D eigenvalue weighted by atomic mass is 16.4. The fourth-order valence-corrected chi connectivity index (χ4v) is 1.76. The monoisotopic (exact) mass is 285 g/mol. The van der Waals surface area contributed by atoms with E-state index in [1.807, 2.05) is 31.2 Å². The number of hydrogen-bond donors (Lipinski definition) is 2. The number of aromatic carboxylic acids is 1. The Labute approximate surface area is 122 Å². The van der Waals surface area contributed by atoms with E-state index in [2.05, 4.69) is 10.3 Å². The molecule has 1 heterocycles. The predicted octanol–water partition coefficient (Wildman–Crippen LogP) is 2.76. The van der Waals surface area contributed by atoms with E-state index in [0.717, 1.165) is 11.3 Å². The lowest BCUT2D eigenvalue weighted by Crippen LogP contribution is -2.31. The van der Waals surface area contributed by atoms with Crippen molar-refractivity contribution in [2.24, 2.45) is 0 Å². The molecule has 0 radical (unpaired) electrons. The average Bonchev–Trinajstić information content (AvgIpc) is 2.47. The maximum atomic E-state index is 12.1. The van der Waals surface area contributed by atoms with Crippen LogP contribution in [0.4, 0.5) is 16.2 Å². The lowest BCUT2D eigenvalue weighted by molar-refractivity contribution is 0.0690.